The number of carbonyl (C=O) groups is 1. The van der Waals surface area contributed by atoms with Gasteiger partial charge in [-0.1, -0.05) is 76.9 Å². The minimum Gasteiger partial charge on any atom is -0.339 e. The van der Waals surface area contributed by atoms with Gasteiger partial charge in [0.1, 0.15) is 6.17 Å². The molecule has 0 bridgehead atoms. The summed E-state index contributed by atoms with van der Waals surface area (Å²) >= 11 is 26.5. The quantitative estimate of drug-likeness (QED) is 0.195. The Labute approximate surface area is 177 Å². The Morgan fingerprint density at radius 2 is 1.80 bits per heavy atom. The first-order valence-corrected chi connectivity index (χ1v) is 10.2. The van der Waals surface area contributed by atoms with Gasteiger partial charge in [-0.3, -0.25) is 4.79 Å². The highest BCUT2D eigenvalue weighted by molar-refractivity contribution is 9.10. The van der Waals surface area contributed by atoms with E-state index in [4.69, 9.17) is 47.0 Å². The van der Waals surface area contributed by atoms with E-state index in [-0.39, 0.29) is 11.0 Å². The monoisotopic (exact) mass is 487 g/mol. The number of anilines is 1. The third kappa shape index (κ3) is 9.85. The number of hydrogen-bond acceptors (Lipinski definition) is 2. The highest BCUT2D eigenvalue weighted by Gasteiger charge is 2.34. The number of hydrogen-bond donors (Lipinski definition) is 3. The molecule has 3 N–H and O–H groups in total. The molecule has 0 saturated carbocycles. The summed E-state index contributed by atoms with van der Waals surface area (Å²) < 4.78 is -0.795. The normalized spacial score (nSPS) is 12.4. The fourth-order valence-electron chi connectivity index (χ4n) is 1.98. The second-order valence-corrected chi connectivity index (χ2v) is 9.15. The van der Waals surface area contributed by atoms with Gasteiger partial charge in [0.2, 0.25) is 9.70 Å². The molecule has 4 nitrogen and oxygen atoms in total. The SMILES string of the molecule is CCCCCCC(=O)N[C@@H](NC(=S)Nc1ccc(Br)cc1)C(Cl)(Cl)Cl. The van der Waals surface area contributed by atoms with Crippen LogP contribution in [0.5, 0.6) is 0 Å². The van der Waals surface area contributed by atoms with Crippen LogP contribution in [0.25, 0.3) is 0 Å². The first kappa shape index (κ1) is 22.8. The van der Waals surface area contributed by atoms with Gasteiger partial charge >= 0.3 is 0 Å². The van der Waals surface area contributed by atoms with Crippen LogP contribution in [0.4, 0.5) is 5.69 Å². The standard InChI is InChI=1S/C16H21BrCl3N3OS/c1-2-3-4-5-6-13(24)22-14(16(18,19)20)23-15(25)21-12-9-7-11(17)8-10-12/h7-10,14H,2-6H2,1H3,(H,22,24)(H2,21,23,25)/t14-/m0/s1. The molecule has 0 aliphatic carbocycles. The van der Waals surface area contributed by atoms with Crippen molar-refractivity contribution in [3.63, 3.8) is 0 Å². The second-order valence-electron chi connectivity index (χ2n) is 5.46. The molecule has 140 valence electrons. The number of nitrogens with one attached hydrogen (secondary N) is 3. The van der Waals surface area contributed by atoms with Crippen LogP contribution >= 0.6 is 63.0 Å². The lowest BCUT2D eigenvalue weighted by Gasteiger charge is -2.27. The fraction of sp³-hybridized carbons (Fsp3) is 0.500. The third-order valence-electron chi connectivity index (χ3n) is 3.27. The average molecular weight is 490 g/mol. The smallest absolute Gasteiger partial charge is 0.228 e. The van der Waals surface area contributed by atoms with Gasteiger partial charge in [0.15, 0.2) is 5.11 Å². The van der Waals surface area contributed by atoms with Crippen LogP contribution in [0.3, 0.4) is 0 Å². The molecular weight excluding hydrogens is 469 g/mol. The van der Waals surface area contributed by atoms with Gasteiger partial charge in [-0.05, 0) is 42.9 Å². The lowest BCUT2D eigenvalue weighted by Crippen LogP contribution is -2.56. The maximum absolute atomic E-state index is 12.0. The highest BCUT2D eigenvalue weighted by Crippen LogP contribution is 2.29. The van der Waals surface area contributed by atoms with E-state index >= 15 is 0 Å². The summed E-state index contributed by atoms with van der Waals surface area (Å²) in [7, 11) is 0. The third-order valence-corrected chi connectivity index (χ3v) is 4.67. The van der Waals surface area contributed by atoms with Crippen molar-refractivity contribution in [2.75, 3.05) is 5.32 Å². The van der Waals surface area contributed by atoms with E-state index in [0.717, 1.165) is 35.8 Å². The molecule has 1 amide bonds. The summed E-state index contributed by atoms with van der Waals surface area (Å²) in [5, 5.41) is 8.73. The van der Waals surface area contributed by atoms with Crippen LogP contribution in [-0.2, 0) is 4.79 Å². The van der Waals surface area contributed by atoms with Crippen LogP contribution < -0.4 is 16.0 Å². The number of carbonyl (C=O) groups excluding carboxylic acids is 1. The maximum atomic E-state index is 12.0. The highest BCUT2D eigenvalue weighted by atomic mass is 79.9. The van der Waals surface area contributed by atoms with Crippen molar-refractivity contribution < 1.29 is 4.79 Å². The second kappa shape index (κ2) is 11.4. The molecule has 1 aromatic rings. The molecular formula is C16H21BrCl3N3OS. The van der Waals surface area contributed by atoms with E-state index in [9.17, 15) is 4.79 Å². The Balaban J connectivity index is 2.56. The molecule has 0 aromatic heterocycles. The van der Waals surface area contributed by atoms with E-state index in [0.29, 0.717) is 6.42 Å². The van der Waals surface area contributed by atoms with Crippen molar-refractivity contribution in [1.29, 1.82) is 0 Å². The van der Waals surface area contributed by atoms with Crippen molar-refractivity contribution in [2.45, 2.75) is 49.0 Å². The molecule has 9 heteroatoms. The zero-order valence-corrected chi connectivity index (χ0v) is 18.4. The van der Waals surface area contributed by atoms with Crippen LogP contribution in [-0.4, -0.2) is 21.0 Å². The first-order valence-electron chi connectivity index (χ1n) is 7.91. The number of alkyl halides is 3. The maximum Gasteiger partial charge on any atom is 0.228 e. The summed E-state index contributed by atoms with van der Waals surface area (Å²) in [6.45, 7) is 2.11. The molecule has 0 heterocycles. The van der Waals surface area contributed by atoms with Crippen LogP contribution in [0.1, 0.15) is 39.0 Å². The zero-order valence-electron chi connectivity index (χ0n) is 13.8. The fourth-order valence-corrected chi connectivity index (χ4v) is 2.80. The van der Waals surface area contributed by atoms with E-state index in [2.05, 4.69) is 38.8 Å². The molecule has 0 aliphatic heterocycles. The van der Waals surface area contributed by atoms with Crippen LogP contribution in [0, 0.1) is 0 Å². The van der Waals surface area contributed by atoms with Gasteiger partial charge in [0.25, 0.3) is 0 Å². The van der Waals surface area contributed by atoms with Crippen molar-refractivity contribution in [3.8, 4) is 0 Å². The molecule has 0 fully saturated rings. The average Bonchev–Trinajstić information content (AvgIpc) is 2.52. The molecule has 0 spiro atoms. The molecule has 1 aromatic carbocycles. The van der Waals surface area contributed by atoms with E-state index in [1.807, 2.05) is 24.3 Å². The van der Waals surface area contributed by atoms with Crippen molar-refractivity contribution in [1.82, 2.24) is 10.6 Å². The minimum absolute atomic E-state index is 0.189. The van der Waals surface area contributed by atoms with Crippen LogP contribution in [0.15, 0.2) is 28.7 Å². The van der Waals surface area contributed by atoms with Gasteiger partial charge < -0.3 is 16.0 Å². The number of amides is 1. The Hall–Kier alpha value is -0.270. The first-order chi connectivity index (χ1) is 11.7. The largest absolute Gasteiger partial charge is 0.339 e. The topological polar surface area (TPSA) is 53.2 Å². The molecule has 0 saturated heterocycles. The Bertz CT molecular complexity index is 567. The van der Waals surface area contributed by atoms with Gasteiger partial charge in [-0.2, -0.15) is 0 Å². The molecule has 1 rings (SSSR count). The van der Waals surface area contributed by atoms with Crippen molar-refractivity contribution in [3.05, 3.63) is 28.7 Å². The Kier molecular flexibility index (Phi) is 10.4. The molecule has 1 atom stereocenters. The lowest BCUT2D eigenvalue weighted by atomic mass is 10.1. The predicted octanol–water partition coefficient (Wildman–Crippen LogP) is 5.52. The van der Waals surface area contributed by atoms with Gasteiger partial charge in [0.05, 0.1) is 0 Å². The number of rotatable bonds is 8. The summed E-state index contributed by atoms with van der Waals surface area (Å²) in [5.41, 5.74) is 0.773. The Morgan fingerprint density at radius 3 is 2.36 bits per heavy atom. The molecule has 25 heavy (non-hydrogen) atoms. The molecule has 0 radical (unpaired) electrons. The van der Waals surface area contributed by atoms with Gasteiger partial charge in [-0.15, -0.1) is 0 Å². The summed E-state index contributed by atoms with van der Waals surface area (Å²) in [6.07, 6.45) is 3.45. The van der Waals surface area contributed by atoms with Gasteiger partial charge in [0, 0.05) is 16.6 Å². The zero-order chi connectivity index (χ0) is 18.9. The Morgan fingerprint density at radius 1 is 1.16 bits per heavy atom. The van der Waals surface area contributed by atoms with E-state index < -0.39 is 9.96 Å². The lowest BCUT2D eigenvalue weighted by molar-refractivity contribution is -0.122. The van der Waals surface area contributed by atoms with Crippen molar-refractivity contribution in [2.24, 2.45) is 0 Å². The number of thiocarbonyl (C=S) groups is 1. The molecule has 0 aliphatic rings. The summed E-state index contributed by atoms with van der Waals surface area (Å²) in [5.74, 6) is -0.189. The summed E-state index contributed by atoms with van der Waals surface area (Å²) in [4.78, 5) is 12.0. The van der Waals surface area contributed by atoms with Gasteiger partial charge in [-0.25, -0.2) is 0 Å². The predicted molar refractivity (Wildman–Crippen MR) is 114 cm³/mol. The van der Waals surface area contributed by atoms with Crippen molar-refractivity contribution >= 4 is 79.7 Å². The minimum atomic E-state index is -1.75. The van der Waals surface area contributed by atoms with E-state index in [1.165, 1.54) is 0 Å². The summed E-state index contributed by atoms with van der Waals surface area (Å²) in [6, 6.07) is 7.42. The number of halogens is 4. The van der Waals surface area contributed by atoms with E-state index in [1.54, 1.807) is 0 Å². The number of benzene rings is 1. The van der Waals surface area contributed by atoms with Crippen LogP contribution in [0.2, 0.25) is 0 Å². The molecule has 0 unspecified atom stereocenters. The number of unbranched alkanes of at least 4 members (excludes halogenated alkanes) is 3.